The lowest BCUT2D eigenvalue weighted by Crippen LogP contribution is -2.53. The van der Waals surface area contributed by atoms with Gasteiger partial charge in [0.05, 0.1) is 46.7 Å². The number of ether oxygens (including phenoxy) is 1. The van der Waals surface area contributed by atoms with E-state index in [0.29, 0.717) is 38.7 Å². The van der Waals surface area contributed by atoms with E-state index in [2.05, 4.69) is 5.43 Å². The maximum absolute atomic E-state index is 15.5. The largest absolute Gasteiger partial charge is 0.505 e. The highest BCUT2D eigenvalue weighted by atomic mass is 35.5. The van der Waals surface area contributed by atoms with E-state index in [1.54, 1.807) is 78.9 Å². The molecule has 0 radical (unpaired) electrons. The summed E-state index contributed by atoms with van der Waals surface area (Å²) in [7, 11) is 1.50. The number of hydrazine groups is 1. The molecule has 2 aliphatic carbocycles. The third kappa shape index (κ3) is 5.93. The molecule has 4 amide bonds. The second kappa shape index (κ2) is 14.5. The van der Waals surface area contributed by atoms with Crippen molar-refractivity contribution in [3.8, 4) is 11.5 Å². The van der Waals surface area contributed by atoms with E-state index in [1.165, 1.54) is 31.4 Å². The Morgan fingerprint density at radius 2 is 1.54 bits per heavy atom. The predicted octanol–water partition coefficient (Wildman–Crippen LogP) is 8.27. The van der Waals surface area contributed by atoms with Crippen molar-refractivity contribution in [2.75, 3.05) is 17.4 Å². The molecule has 296 valence electrons. The number of rotatable bonds is 8. The minimum atomic E-state index is -1.71. The number of methoxy groups -OCH3 is 1. The monoisotopic (exact) mass is 829 g/mol. The van der Waals surface area contributed by atoms with E-state index in [4.69, 9.17) is 27.9 Å². The van der Waals surface area contributed by atoms with Gasteiger partial charge in [-0.15, -0.1) is 0 Å². The van der Waals surface area contributed by atoms with Gasteiger partial charge in [-0.25, -0.2) is 4.39 Å². The van der Waals surface area contributed by atoms with Crippen molar-refractivity contribution in [1.29, 1.82) is 0 Å². The fourth-order valence-electron chi connectivity index (χ4n) is 9.69. The van der Waals surface area contributed by atoms with Crippen LogP contribution in [0.2, 0.25) is 10.0 Å². The van der Waals surface area contributed by atoms with Gasteiger partial charge in [0.25, 0.3) is 11.8 Å². The van der Waals surface area contributed by atoms with Gasteiger partial charge in [0.15, 0.2) is 17.3 Å². The number of aromatic hydroxyl groups is 1. The Balaban J connectivity index is 1.16. The fraction of sp³-hybridized carbons (Fsp3) is 0.196. The molecule has 2 N–H and O–H groups in total. The number of amides is 4. The smallest absolute Gasteiger partial charge is 0.260 e. The molecule has 6 atom stereocenters. The number of imide groups is 2. The first-order valence-corrected chi connectivity index (χ1v) is 19.7. The molecule has 2 aliphatic heterocycles. The number of halogens is 3. The summed E-state index contributed by atoms with van der Waals surface area (Å²) in [6, 6.07) is 30.2. The van der Waals surface area contributed by atoms with Crippen molar-refractivity contribution in [1.82, 2.24) is 5.01 Å². The second-order valence-corrected chi connectivity index (χ2v) is 16.0. The molecule has 3 fully saturated rings. The van der Waals surface area contributed by atoms with Gasteiger partial charge in [-0.3, -0.25) is 34.3 Å². The first kappa shape index (κ1) is 38.2. The Hall–Kier alpha value is -6.30. The van der Waals surface area contributed by atoms with Crippen LogP contribution in [-0.2, 0) is 24.6 Å². The first-order valence-electron chi connectivity index (χ1n) is 18.9. The van der Waals surface area contributed by atoms with Crippen molar-refractivity contribution >= 4 is 64.0 Å². The highest BCUT2D eigenvalue weighted by Crippen LogP contribution is 2.64. The average Bonchev–Trinajstić information content (AvgIpc) is 3.63. The summed E-state index contributed by atoms with van der Waals surface area (Å²) in [5.41, 5.74) is 3.95. The van der Waals surface area contributed by atoms with E-state index < -0.39 is 70.2 Å². The number of ketones is 1. The predicted molar refractivity (Wildman–Crippen MR) is 218 cm³/mol. The van der Waals surface area contributed by atoms with E-state index in [9.17, 15) is 24.3 Å². The summed E-state index contributed by atoms with van der Waals surface area (Å²) in [6.07, 6.45) is 1.97. The van der Waals surface area contributed by atoms with Gasteiger partial charge in [0.1, 0.15) is 5.75 Å². The van der Waals surface area contributed by atoms with Crippen LogP contribution >= 0.6 is 23.2 Å². The second-order valence-electron chi connectivity index (χ2n) is 15.2. The van der Waals surface area contributed by atoms with Gasteiger partial charge in [-0.1, -0.05) is 83.4 Å². The molecule has 5 aromatic carbocycles. The molecule has 2 saturated heterocycles. The molecule has 4 aliphatic rings. The van der Waals surface area contributed by atoms with Crippen LogP contribution in [-0.4, -0.2) is 46.6 Å². The third-order valence-corrected chi connectivity index (χ3v) is 12.9. The lowest BCUT2D eigenvalue weighted by molar-refractivity contribution is -0.138. The van der Waals surface area contributed by atoms with Crippen molar-refractivity contribution < 1.29 is 38.2 Å². The number of allylic oxidation sites excluding steroid dienone is 2. The van der Waals surface area contributed by atoms with Gasteiger partial charge in [0.2, 0.25) is 11.8 Å². The van der Waals surface area contributed by atoms with Crippen LogP contribution in [0.4, 0.5) is 15.8 Å². The highest BCUT2D eigenvalue weighted by Gasteiger charge is 2.70. The molecule has 0 aromatic heterocycles. The highest BCUT2D eigenvalue weighted by molar-refractivity contribution is 6.36. The molecule has 6 unspecified atom stereocenters. The zero-order chi connectivity index (χ0) is 41.3. The van der Waals surface area contributed by atoms with E-state index in [1.807, 2.05) is 12.1 Å². The summed E-state index contributed by atoms with van der Waals surface area (Å²) < 4.78 is 20.9. The molecule has 0 spiro atoms. The van der Waals surface area contributed by atoms with Crippen molar-refractivity contribution in [2.45, 2.75) is 24.2 Å². The number of nitrogens with zero attached hydrogens (tertiary/aromatic N) is 2. The minimum Gasteiger partial charge on any atom is -0.505 e. The topological polar surface area (TPSA) is 133 Å². The number of carbonyl (C=O) groups is 5. The number of carbonyl (C=O) groups excluding carboxylic acids is 5. The van der Waals surface area contributed by atoms with Crippen molar-refractivity contribution in [3.05, 3.63) is 165 Å². The lowest BCUT2D eigenvalue weighted by atomic mass is 9.49. The Kier molecular flexibility index (Phi) is 9.40. The molecule has 59 heavy (non-hydrogen) atoms. The van der Waals surface area contributed by atoms with Gasteiger partial charge < -0.3 is 9.84 Å². The molecule has 0 bridgehead atoms. The van der Waals surface area contributed by atoms with Crippen molar-refractivity contribution in [3.63, 3.8) is 0 Å². The Bertz CT molecular complexity index is 2620. The molecular formula is C46H34Cl2FN3O7. The van der Waals surface area contributed by atoms with Gasteiger partial charge >= 0.3 is 0 Å². The van der Waals surface area contributed by atoms with E-state index >= 15 is 9.18 Å². The number of anilines is 2. The summed E-state index contributed by atoms with van der Waals surface area (Å²) in [4.78, 5) is 73.6. The quantitative estimate of drug-likeness (QED) is 0.0908. The summed E-state index contributed by atoms with van der Waals surface area (Å²) in [6.45, 7) is 0. The average molecular weight is 831 g/mol. The molecule has 9 rings (SSSR count). The molecule has 2 heterocycles. The SMILES string of the molecule is COc1ccc(C23C(=O)N(Nc4ccc(Cl)cc4Cl)C(=O)C2CC2C(=CCC4C(=O)N(c5ccc(C(=O)c6ccccc6)cc5)C(=O)C42)C3c2ccc(O)c(F)c2)cc1. The van der Waals surface area contributed by atoms with Crippen LogP contribution in [0.5, 0.6) is 11.5 Å². The van der Waals surface area contributed by atoms with Gasteiger partial charge in [0, 0.05) is 22.1 Å². The van der Waals surface area contributed by atoms with Crippen LogP contribution < -0.4 is 15.1 Å². The molecule has 5 aromatic rings. The third-order valence-electron chi connectivity index (χ3n) is 12.3. The normalized spacial score (nSPS) is 24.7. The number of fused-ring (bicyclic) bond motifs is 4. The standard InChI is InChI=1S/C46H34Cl2FN3O7/c1-59-30-15-10-27(11-16-30)46-34(43(56)52(45(46)58)50-37-19-12-28(47)22-35(37)48)23-33-31(40(46)26-9-20-38(53)36(49)21-26)17-18-32-39(33)44(57)51(42(32)55)29-13-7-25(8-14-29)41(54)24-5-3-2-4-6-24/h2-17,19-22,32-34,39-40,50,53H,18,23H2,1H3. The van der Waals surface area contributed by atoms with Crippen LogP contribution in [0.25, 0.3) is 0 Å². The van der Waals surface area contributed by atoms with Gasteiger partial charge in [-0.2, -0.15) is 5.01 Å². The van der Waals surface area contributed by atoms with Crippen LogP contribution in [0.15, 0.2) is 127 Å². The number of hydrogen-bond donors (Lipinski definition) is 2. The zero-order valence-corrected chi connectivity index (χ0v) is 32.8. The first-order chi connectivity index (χ1) is 28.4. The number of benzene rings is 5. The van der Waals surface area contributed by atoms with E-state index in [-0.39, 0.29) is 34.9 Å². The Morgan fingerprint density at radius 3 is 2.22 bits per heavy atom. The molecule has 1 saturated carbocycles. The number of phenolic OH excluding ortho intramolecular Hbond substituents is 1. The summed E-state index contributed by atoms with van der Waals surface area (Å²) in [5, 5.41) is 11.7. The maximum atomic E-state index is 15.5. The Labute approximate surface area is 347 Å². The minimum absolute atomic E-state index is 0.00935. The van der Waals surface area contributed by atoms with Crippen LogP contribution in [0.3, 0.4) is 0 Å². The zero-order valence-electron chi connectivity index (χ0n) is 31.3. The molecular weight excluding hydrogens is 796 g/mol. The van der Waals surface area contributed by atoms with Gasteiger partial charge in [-0.05, 0) is 96.6 Å². The number of nitrogens with one attached hydrogen (secondary N) is 1. The molecule has 13 heteroatoms. The number of phenols is 1. The Morgan fingerprint density at radius 1 is 0.831 bits per heavy atom. The number of hydrogen-bond acceptors (Lipinski definition) is 8. The van der Waals surface area contributed by atoms with Crippen molar-refractivity contribution in [2.24, 2.45) is 23.7 Å². The summed E-state index contributed by atoms with van der Waals surface area (Å²) >= 11 is 12.7. The summed E-state index contributed by atoms with van der Waals surface area (Å²) in [5.74, 6) is -8.06. The molecule has 10 nitrogen and oxygen atoms in total. The van der Waals surface area contributed by atoms with E-state index in [0.717, 1.165) is 16.0 Å². The van der Waals surface area contributed by atoms with Crippen LogP contribution in [0.1, 0.15) is 45.8 Å². The lowest BCUT2D eigenvalue weighted by Gasteiger charge is -2.50. The van der Waals surface area contributed by atoms with Crippen LogP contribution in [0, 0.1) is 29.5 Å². The fourth-order valence-corrected chi connectivity index (χ4v) is 10.1. The maximum Gasteiger partial charge on any atom is 0.260 e.